The fraction of sp³-hybridized carbons (Fsp3) is 0.600. The molecule has 0 heterocycles. The average molecular weight is 329 g/mol. The van der Waals surface area contributed by atoms with Crippen LogP contribution in [0.15, 0.2) is 29.4 Å². The first-order valence-corrected chi connectivity index (χ1v) is 9.05. The largest absolute Gasteiger partial charge is 0.372 e. The second kappa shape index (κ2) is 7.82. The zero-order valence-corrected chi connectivity index (χ0v) is 15.7. The van der Waals surface area contributed by atoms with Crippen LogP contribution in [-0.2, 0) is 0 Å². The number of hydrazone groups is 1. The van der Waals surface area contributed by atoms with E-state index < -0.39 is 0 Å². The number of carbonyl (C=O) groups is 1. The summed E-state index contributed by atoms with van der Waals surface area (Å²) in [7, 11) is 0. The van der Waals surface area contributed by atoms with Crippen molar-refractivity contribution in [2.75, 3.05) is 18.0 Å². The zero-order valence-electron chi connectivity index (χ0n) is 15.7. The van der Waals surface area contributed by atoms with Gasteiger partial charge in [0.05, 0.1) is 0 Å². The first-order chi connectivity index (χ1) is 11.3. The number of anilines is 1. The van der Waals surface area contributed by atoms with Gasteiger partial charge in [0, 0.05) is 30.1 Å². The Bertz CT molecular complexity index is 585. The molecule has 1 aromatic rings. The Morgan fingerprint density at radius 2 is 1.88 bits per heavy atom. The quantitative estimate of drug-likeness (QED) is 0.810. The van der Waals surface area contributed by atoms with Crippen LogP contribution in [-0.4, -0.2) is 24.7 Å². The van der Waals surface area contributed by atoms with Crippen molar-refractivity contribution in [3.8, 4) is 0 Å². The molecule has 2 rings (SSSR count). The lowest BCUT2D eigenvalue weighted by atomic mass is 9.72. The van der Waals surface area contributed by atoms with Crippen LogP contribution in [0.3, 0.4) is 0 Å². The molecule has 0 bridgehead atoms. The average Bonchev–Trinajstić information content (AvgIpc) is 2.52. The molecule has 24 heavy (non-hydrogen) atoms. The SMILES string of the molecule is CCN(CC)c1ccc(C(=O)N/N=C2/C[C@@H](C)CC(C)(C)C2)cc1. The highest BCUT2D eigenvalue weighted by atomic mass is 16.2. The molecule has 1 N–H and O–H groups in total. The molecule has 1 fully saturated rings. The van der Waals surface area contributed by atoms with Crippen LogP contribution < -0.4 is 10.3 Å². The minimum absolute atomic E-state index is 0.135. The van der Waals surface area contributed by atoms with Gasteiger partial charge in [-0.25, -0.2) is 5.43 Å². The summed E-state index contributed by atoms with van der Waals surface area (Å²) in [6, 6.07) is 7.74. The number of benzene rings is 1. The fourth-order valence-corrected chi connectivity index (χ4v) is 3.81. The first-order valence-electron chi connectivity index (χ1n) is 9.05. The maximum atomic E-state index is 12.3. The van der Waals surface area contributed by atoms with Crippen LogP contribution >= 0.6 is 0 Å². The zero-order chi connectivity index (χ0) is 17.7. The Morgan fingerprint density at radius 1 is 1.25 bits per heavy atom. The number of rotatable bonds is 5. The molecule has 1 aliphatic rings. The Labute approximate surface area is 146 Å². The predicted molar refractivity (Wildman–Crippen MR) is 102 cm³/mol. The molecule has 0 unspecified atom stereocenters. The minimum atomic E-state index is -0.135. The monoisotopic (exact) mass is 329 g/mol. The second-order valence-corrected chi connectivity index (χ2v) is 7.69. The van der Waals surface area contributed by atoms with Crippen LogP contribution in [0.1, 0.15) is 64.2 Å². The van der Waals surface area contributed by atoms with E-state index in [0.29, 0.717) is 11.5 Å². The number of hydrogen-bond donors (Lipinski definition) is 1. The number of amides is 1. The predicted octanol–water partition coefficient (Wildman–Crippen LogP) is 4.46. The molecular weight excluding hydrogens is 298 g/mol. The van der Waals surface area contributed by atoms with E-state index in [1.807, 2.05) is 24.3 Å². The van der Waals surface area contributed by atoms with Gasteiger partial charge in [-0.1, -0.05) is 20.8 Å². The third kappa shape index (κ3) is 4.83. The maximum absolute atomic E-state index is 12.3. The molecule has 4 heteroatoms. The van der Waals surface area contributed by atoms with Crippen LogP contribution in [0.5, 0.6) is 0 Å². The van der Waals surface area contributed by atoms with E-state index in [0.717, 1.165) is 37.3 Å². The van der Waals surface area contributed by atoms with Gasteiger partial charge in [0.25, 0.3) is 5.91 Å². The van der Waals surface area contributed by atoms with Crippen molar-refractivity contribution in [1.29, 1.82) is 0 Å². The second-order valence-electron chi connectivity index (χ2n) is 7.69. The summed E-state index contributed by atoms with van der Waals surface area (Å²) in [5.41, 5.74) is 5.91. The number of hydrogen-bond acceptors (Lipinski definition) is 3. The molecule has 1 aromatic carbocycles. The number of nitrogens with zero attached hydrogens (tertiary/aromatic N) is 2. The molecule has 0 spiro atoms. The van der Waals surface area contributed by atoms with Gasteiger partial charge < -0.3 is 4.90 Å². The summed E-state index contributed by atoms with van der Waals surface area (Å²) >= 11 is 0. The lowest BCUT2D eigenvalue weighted by Gasteiger charge is -2.34. The molecule has 0 aromatic heterocycles. The Hall–Kier alpha value is -1.84. The Balaban J connectivity index is 2.01. The van der Waals surface area contributed by atoms with Crippen LogP contribution in [0.2, 0.25) is 0 Å². The van der Waals surface area contributed by atoms with Crippen molar-refractivity contribution in [2.45, 2.75) is 53.9 Å². The van der Waals surface area contributed by atoms with Gasteiger partial charge in [0.2, 0.25) is 0 Å². The molecular formula is C20H31N3O. The summed E-state index contributed by atoms with van der Waals surface area (Å²) in [4.78, 5) is 14.6. The maximum Gasteiger partial charge on any atom is 0.271 e. The van der Waals surface area contributed by atoms with E-state index in [4.69, 9.17) is 0 Å². The number of nitrogens with one attached hydrogen (secondary N) is 1. The molecule has 1 aliphatic carbocycles. The van der Waals surface area contributed by atoms with Gasteiger partial charge in [-0.05, 0) is 68.7 Å². The van der Waals surface area contributed by atoms with Gasteiger partial charge in [0.1, 0.15) is 0 Å². The Kier molecular flexibility index (Phi) is 6.03. The molecule has 0 radical (unpaired) electrons. The Morgan fingerprint density at radius 3 is 2.42 bits per heavy atom. The van der Waals surface area contributed by atoms with Gasteiger partial charge in [-0.2, -0.15) is 5.10 Å². The summed E-state index contributed by atoms with van der Waals surface area (Å²) in [6.45, 7) is 13.0. The van der Waals surface area contributed by atoms with Crippen molar-refractivity contribution < 1.29 is 4.79 Å². The van der Waals surface area contributed by atoms with Crippen molar-refractivity contribution >= 4 is 17.3 Å². The third-order valence-corrected chi connectivity index (χ3v) is 4.74. The van der Waals surface area contributed by atoms with Crippen molar-refractivity contribution in [1.82, 2.24) is 5.43 Å². The number of carbonyl (C=O) groups excluding carboxylic acids is 1. The summed E-state index contributed by atoms with van der Waals surface area (Å²) in [6.07, 6.45) is 3.15. The van der Waals surface area contributed by atoms with Gasteiger partial charge in [-0.15, -0.1) is 0 Å². The van der Waals surface area contributed by atoms with E-state index in [1.165, 1.54) is 6.42 Å². The molecule has 4 nitrogen and oxygen atoms in total. The third-order valence-electron chi connectivity index (χ3n) is 4.74. The van der Waals surface area contributed by atoms with Crippen LogP contribution in [0.25, 0.3) is 0 Å². The van der Waals surface area contributed by atoms with Gasteiger partial charge in [-0.3, -0.25) is 4.79 Å². The van der Waals surface area contributed by atoms with E-state index >= 15 is 0 Å². The smallest absolute Gasteiger partial charge is 0.271 e. The molecule has 1 amide bonds. The summed E-state index contributed by atoms with van der Waals surface area (Å²) in [5, 5.41) is 4.40. The molecule has 1 saturated carbocycles. The van der Waals surface area contributed by atoms with Crippen molar-refractivity contribution in [3.05, 3.63) is 29.8 Å². The highest BCUT2D eigenvalue weighted by Crippen LogP contribution is 2.36. The van der Waals surface area contributed by atoms with E-state index in [9.17, 15) is 4.79 Å². The van der Waals surface area contributed by atoms with Gasteiger partial charge in [0.15, 0.2) is 0 Å². The topological polar surface area (TPSA) is 44.7 Å². The standard InChI is InChI=1S/C20H31N3O/c1-6-23(7-2)18-10-8-16(9-11-18)19(24)22-21-17-12-15(3)13-20(4,5)14-17/h8-11,15H,6-7,12-14H2,1-5H3,(H,22,24)/b21-17-/t15-/m1/s1. The molecule has 132 valence electrons. The van der Waals surface area contributed by atoms with Crippen molar-refractivity contribution in [3.63, 3.8) is 0 Å². The van der Waals surface area contributed by atoms with Gasteiger partial charge >= 0.3 is 0 Å². The van der Waals surface area contributed by atoms with E-state index in [-0.39, 0.29) is 11.3 Å². The highest BCUT2D eigenvalue weighted by molar-refractivity contribution is 5.96. The summed E-state index contributed by atoms with van der Waals surface area (Å²) in [5.74, 6) is 0.488. The lowest BCUT2D eigenvalue weighted by molar-refractivity contribution is 0.0954. The molecule has 0 aliphatic heterocycles. The normalized spacial score (nSPS) is 21.5. The summed E-state index contributed by atoms with van der Waals surface area (Å²) < 4.78 is 0. The lowest BCUT2D eigenvalue weighted by Crippen LogP contribution is -2.30. The van der Waals surface area contributed by atoms with E-state index in [2.05, 4.69) is 50.0 Å². The van der Waals surface area contributed by atoms with Crippen molar-refractivity contribution in [2.24, 2.45) is 16.4 Å². The molecule has 0 saturated heterocycles. The van der Waals surface area contributed by atoms with Crippen LogP contribution in [0.4, 0.5) is 5.69 Å². The molecule has 1 atom stereocenters. The minimum Gasteiger partial charge on any atom is -0.372 e. The van der Waals surface area contributed by atoms with Crippen LogP contribution in [0, 0.1) is 11.3 Å². The first kappa shape index (κ1) is 18.5. The highest BCUT2D eigenvalue weighted by Gasteiger charge is 2.29. The van der Waals surface area contributed by atoms with E-state index in [1.54, 1.807) is 0 Å². The fourth-order valence-electron chi connectivity index (χ4n) is 3.81.